The summed E-state index contributed by atoms with van der Waals surface area (Å²) >= 11 is 0. The summed E-state index contributed by atoms with van der Waals surface area (Å²) in [6.45, 7) is 3.94. The third kappa shape index (κ3) is 3.06. The van der Waals surface area contributed by atoms with Crippen molar-refractivity contribution in [2.24, 2.45) is 11.3 Å². The normalized spacial score (nSPS) is 25.0. The van der Waals surface area contributed by atoms with E-state index < -0.39 is 0 Å². The summed E-state index contributed by atoms with van der Waals surface area (Å²) in [5.41, 5.74) is 1.40. The number of fused-ring (bicyclic) bond motifs is 1. The fourth-order valence-corrected chi connectivity index (χ4v) is 4.04. The number of aryl methyl sites for hydroxylation is 1. The summed E-state index contributed by atoms with van der Waals surface area (Å²) in [5.74, 6) is 0.409. The van der Waals surface area contributed by atoms with Crippen LogP contribution >= 0.6 is 0 Å². The van der Waals surface area contributed by atoms with E-state index in [0.29, 0.717) is 30.8 Å². The van der Waals surface area contributed by atoms with Gasteiger partial charge in [0.05, 0.1) is 12.8 Å². The van der Waals surface area contributed by atoms with Crippen LogP contribution in [0.1, 0.15) is 35.3 Å². The Bertz CT molecular complexity index is 752. The van der Waals surface area contributed by atoms with Crippen molar-refractivity contribution in [3.8, 4) is 6.01 Å². The van der Waals surface area contributed by atoms with Crippen LogP contribution in [0.2, 0.25) is 0 Å². The molecule has 2 atom stereocenters. The first-order valence-corrected chi connectivity index (χ1v) is 8.63. The largest absolute Gasteiger partial charge is 0.463 e. The van der Waals surface area contributed by atoms with Gasteiger partial charge in [-0.3, -0.25) is 9.78 Å². The highest BCUT2D eigenvalue weighted by Gasteiger charge is 2.51. The van der Waals surface area contributed by atoms with Gasteiger partial charge >= 0.3 is 6.01 Å². The van der Waals surface area contributed by atoms with Crippen LogP contribution in [0.3, 0.4) is 0 Å². The van der Waals surface area contributed by atoms with Crippen molar-refractivity contribution in [3.05, 3.63) is 42.2 Å². The van der Waals surface area contributed by atoms with E-state index in [-0.39, 0.29) is 11.3 Å². The van der Waals surface area contributed by atoms with Crippen molar-refractivity contribution in [2.45, 2.75) is 26.2 Å². The summed E-state index contributed by atoms with van der Waals surface area (Å²) in [6.07, 6.45) is 11.5. The molecule has 0 bridgehead atoms. The Morgan fingerprint density at radius 2 is 2.12 bits per heavy atom. The maximum absolute atomic E-state index is 12.7. The van der Waals surface area contributed by atoms with Crippen LogP contribution in [-0.2, 0) is 0 Å². The Balaban J connectivity index is 1.47. The van der Waals surface area contributed by atoms with E-state index in [2.05, 4.69) is 19.9 Å². The minimum absolute atomic E-state index is 0.00782. The molecule has 2 aliphatic rings. The molecular weight excluding hydrogens is 318 g/mol. The van der Waals surface area contributed by atoms with Gasteiger partial charge in [0, 0.05) is 43.3 Å². The third-order valence-electron chi connectivity index (χ3n) is 5.36. The van der Waals surface area contributed by atoms with E-state index in [0.717, 1.165) is 24.9 Å². The number of aromatic nitrogens is 4. The number of rotatable bonds is 4. The molecule has 0 spiro atoms. The van der Waals surface area contributed by atoms with Crippen LogP contribution < -0.4 is 4.74 Å². The maximum atomic E-state index is 12.7. The third-order valence-corrected chi connectivity index (χ3v) is 5.36. The fourth-order valence-electron chi connectivity index (χ4n) is 4.04. The van der Waals surface area contributed by atoms with Gasteiger partial charge in [0.1, 0.15) is 5.69 Å². The molecule has 1 aliphatic heterocycles. The molecule has 2 fully saturated rings. The van der Waals surface area contributed by atoms with Crippen molar-refractivity contribution in [1.29, 1.82) is 0 Å². The second-order valence-electron chi connectivity index (χ2n) is 7.06. The molecule has 1 saturated carbocycles. The Kier molecular flexibility index (Phi) is 4.07. The first kappa shape index (κ1) is 15.9. The van der Waals surface area contributed by atoms with E-state index in [1.54, 1.807) is 24.8 Å². The average molecular weight is 339 g/mol. The molecule has 1 saturated heterocycles. The van der Waals surface area contributed by atoms with E-state index in [9.17, 15) is 4.79 Å². The monoisotopic (exact) mass is 339 g/mol. The lowest BCUT2D eigenvalue weighted by Crippen LogP contribution is -2.36. The van der Waals surface area contributed by atoms with E-state index in [4.69, 9.17) is 4.74 Å². The number of carbonyl (C=O) groups excluding carboxylic acids is 1. The van der Waals surface area contributed by atoms with Gasteiger partial charge in [-0.2, -0.15) is 0 Å². The van der Waals surface area contributed by atoms with Gasteiger partial charge in [-0.15, -0.1) is 0 Å². The van der Waals surface area contributed by atoms with Gasteiger partial charge in [0.2, 0.25) is 0 Å². The summed E-state index contributed by atoms with van der Waals surface area (Å²) in [4.78, 5) is 31.2. The fraction of sp³-hybridized carbons (Fsp3) is 0.500. The number of ether oxygens (including phenoxy) is 1. The number of amides is 1. The molecule has 0 radical (unpaired) electrons. The molecule has 2 aromatic rings. The summed E-state index contributed by atoms with van der Waals surface area (Å²) < 4.78 is 5.90. The van der Waals surface area contributed by atoms with Crippen LogP contribution in [0.25, 0.3) is 0 Å². The minimum atomic E-state index is -0.0477. The maximum Gasteiger partial charge on any atom is 0.316 e. The zero-order valence-corrected chi connectivity index (χ0v) is 14.3. The Morgan fingerprint density at radius 1 is 1.28 bits per heavy atom. The Hall–Kier alpha value is -2.57. The second kappa shape index (κ2) is 6.38. The molecule has 130 valence electrons. The van der Waals surface area contributed by atoms with Gasteiger partial charge in [-0.25, -0.2) is 15.0 Å². The highest BCUT2D eigenvalue weighted by Crippen LogP contribution is 2.49. The van der Waals surface area contributed by atoms with Crippen molar-refractivity contribution >= 4 is 5.91 Å². The molecule has 25 heavy (non-hydrogen) atoms. The lowest BCUT2D eigenvalue weighted by Gasteiger charge is -2.28. The lowest BCUT2D eigenvalue weighted by molar-refractivity contribution is 0.0736. The number of nitrogens with zero attached hydrogens (tertiary/aromatic N) is 5. The topological polar surface area (TPSA) is 81.1 Å². The number of carbonyl (C=O) groups is 1. The number of likely N-dealkylation sites (tertiary alicyclic amines) is 1. The van der Waals surface area contributed by atoms with E-state index in [1.807, 2.05) is 11.8 Å². The van der Waals surface area contributed by atoms with Gasteiger partial charge in [0.15, 0.2) is 0 Å². The smallest absolute Gasteiger partial charge is 0.316 e. The SMILES string of the molecule is Cc1cnc(OCC23CCCC2CN(C(=O)c2cnccn2)C3)nc1. The van der Waals surface area contributed by atoms with Crippen molar-refractivity contribution in [3.63, 3.8) is 0 Å². The zero-order valence-electron chi connectivity index (χ0n) is 14.3. The standard InChI is InChI=1S/C18H21N5O2/c1-13-7-21-17(22-8-13)25-12-18-4-2-3-14(18)10-23(11-18)16(24)15-9-19-5-6-20-15/h5-9,14H,2-4,10-12H2,1H3. The second-order valence-corrected chi connectivity index (χ2v) is 7.06. The molecule has 4 rings (SSSR count). The molecule has 1 amide bonds. The van der Waals surface area contributed by atoms with Gasteiger partial charge in [-0.1, -0.05) is 6.42 Å². The highest BCUT2D eigenvalue weighted by atomic mass is 16.5. The molecular formula is C18H21N5O2. The summed E-state index contributed by atoms with van der Waals surface area (Å²) in [5, 5.41) is 0. The number of hydrogen-bond donors (Lipinski definition) is 0. The average Bonchev–Trinajstić information content (AvgIpc) is 3.19. The first-order valence-electron chi connectivity index (χ1n) is 8.63. The molecule has 3 heterocycles. The molecule has 2 aromatic heterocycles. The molecule has 7 nitrogen and oxygen atoms in total. The summed E-state index contributed by atoms with van der Waals surface area (Å²) in [7, 11) is 0. The van der Waals surface area contributed by atoms with Gasteiger partial charge in [0.25, 0.3) is 5.91 Å². The summed E-state index contributed by atoms with van der Waals surface area (Å²) in [6, 6.07) is 0.407. The van der Waals surface area contributed by atoms with E-state index >= 15 is 0 Å². The molecule has 2 unspecified atom stereocenters. The first-order chi connectivity index (χ1) is 12.2. The van der Waals surface area contributed by atoms with Gasteiger partial charge in [-0.05, 0) is 31.2 Å². The van der Waals surface area contributed by atoms with Crippen LogP contribution in [0.15, 0.2) is 31.0 Å². The Labute approximate surface area is 146 Å². The number of hydrogen-bond acceptors (Lipinski definition) is 6. The molecule has 0 aromatic carbocycles. The van der Waals surface area contributed by atoms with Crippen molar-refractivity contribution < 1.29 is 9.53 Å². The van der Waals surface area contributed by atoms with Crippen LogP contribution in [0, 0.1) is 18.3 Å². The van der Waals surface area contributed by atoms with Crippen LogP contribution in [-0.4, -0.2) is 50.4 Å². The van der Waals surface area contributed by atoms with Crippen LogP contribution in [0.4, 0.5) is 0 Å². The minimum Gasteiger partial charge on any atom is -0.463 e. The van der Waals surface area contributed by atoms with Gasteiger partial charge < -0.3 is 9.64 Å². The van der Waals surface area contributed by atoms with Crippen molar-refractivity contribution in [1.82, 2.24) is 24.8 Å². The predicted molar refractivity (Wildman–Crippen MR) is 90.0 cm³/mol. The van der Waals surface area contributed by atoms with Crippen LogP contribution in [0.5, 0.6) is 6.01 Å². The highest BCUT2D eigenvalue weighted by molar-refractivity contribution is 5.92. The molecule has 1 aliphatic carbocycles. The lowest BCUT2D eigenvalue weighted by atomic mass is 9.82. The zero-order chi connectivity index (χ0) is 17.3. The molecule has 7 heteroatoms. The predicted octanol–water partition coefficient (Wildman–Crippen LogP) is 1.90. The quantitative estimate of drug-likeness (QED) is 0.846. The Morgan fingerprint density at radius 3 is 2.88 bits per heavy atom. The van der Waals surface area contributed by atoms with E-state index in [1.165, 1.54) is 12.6 Å². The molecule has 0 N–H and O–H groups in total. The van der Waals surface area contributed by atoms with Crippen molar-refractivity contribution in [2.75, 3.05) is 19.7 Å².